The Morgan fingerprint density at radius 2 is 1.75 bits per heavy atom. The van der Waals surface area contributed by atoms with Gasteiger partial charge in [0.05, 0.1) is 0 Å². The minimum absolute atomic E-state index is 0.117. The maximum absolute atomic E-state index is 11.6. The fraction of sp³-hybridized carbons (Fsp3) is 0.636. The van der Waals surface area contributed by atoms with Crippen LogP contribution in [-0.2, 0) is 14.4 Å². The first-order valence-corrected chi connectivity index (χ1v) is 5.94. The second-order valence-corrected chi connectivity index (χ2v) is 4.47. The van der Waals surface area contributed by atoms with Crippen LogP contribution in [0, 0.1) is 0 Å². The average Bonchev–Trinajstić information content (AvgIpc) is 2.32. The molecule has 0 aliphatic heterocycles. The van der Waals surface area contributed by atoms with Gasteiger partial charge in [0.25, 0.3) is 0 Å². The molecule has 0 aromatic rings. The number of urea groups is 1. The number of aliphatic carboxylic acids is 1. The molecule has 0 rings (SSSR count). The Labute approximate surface area is 116 Å². The van der Waals surface area contributed by atoms with Gasteiger partial charge in [0.2, 0.25) is 11.8 Å². The van der Waals surface area contributed by atoms with Crippen molar-refractivity contribution in [2.24, 2.45) is 5.73 Å². The van der Waals surface area contributed by atoms with Crippen molar-refractivity contribution < 1.29 is 24.3 Å². The Hall–Kier alpha value is -2.32. The van der Waals surface area contributed by atoms with Crippen molar-refractivity contribution in [1.29, 1.82) is 0 Å². The van der Waals surface area contributed by atoms with Gasteiger partial charge >= 0.3 is 12.0 Å². The molecule has 0 aliphatic rings. The summed E-state index contributed by atoms with van der Waals surface area (Å²) in [5.74, 6) is -2.27. The van der Waals surface area contributed by atoms with E-state index >= 15 is 0 Å². The normalized spacial score (nSPS) is 12.9. The largest absolute Gasteiger partial charge is 0.480 e. The molecule has 9 nitrogen and oxygen atoms in total. The number of hydrogen-bond donors (Lipinski definition) is 4. The number of likely N-dealkylation sites (N-methyl/N-ethyl adjacent to an activating group) is 1. The van der Waals surface area contributed by atoms with E-state index in [4.69, 9.17) is 10.8 Å². The summed E-state index contributed by atoms with van der Waals surface area (Å²) in [5, 5.41) is 13.4. The number of rotatable bonds is 7. The van der Waals surface area contributed by atoms with Gasteiger partial charge in [-0.1, -0.05) is 0 Å². The van der Waals surface area contributed by atoms with E-state index in [1.165, 1.54) is 25.9 Å². The van der Waals surface area contributed by atoms with Crippen molar-refractivity contribution >= 4 is 23.8 Å². The predicted molar refractivity (Wildman–Crippen MR) is 69.7 cm³/mol. The first-order valence-electron chi connectivity index (χ1n) is 5.94. The van der Waals surface area contributed by atoms with Crippen molar-refractivity contribution in [3.05, 3.63) is 0 Å². The lowest BCUT2D eigenvalue weighted by molar-refractivity contribution is -0.139. The van der Waals surface area contributed by atoms with Crippen molar-refractivity contribution in [3.63, 3.8) is 0 Å². The monoisotopic (exact) mass is 288 g/mol. The molecule has 0 saturated carbocycles. The molecule has 1 unspecified atom stereocenters. The molecule has 2 atom stereocenters. The van der Waals surface area contributed by atoms with Gasteiger partial charge < -0.3 is 26.4 Å². The molecule has 4 amide bonds. The van der Waals surface area contributed by atoms with Crippen molar-refractivity contribution in [2.45, 2.75) is 31.8 Å². The lowest BCUT2D eigenvalue weighted by atomic mass is 10.1. The van der Waals surface area contributed by atoms with Crippen LogP contribution in [0.2, 0.25) is 0 Å². The zero-order valence-corrected chi connectivity index (χ0v) is 11.7. The van der Waals surface area contributed by atoms with Crippen LogP contribution in [0.1, 0.15) is 19.8 Å². The Kier molecular flexibility index (Phi) is 7.05. The third kappa shape index (κ3) is 6.57. The van der Waals surface area contributed by atoms with E-state index in [-0.39, 0.29) is 18.7 Å². The molecule has 0 saturated heterocycles. The maximum Gasteiger partial charge on any atom is 0.326 e. The van der Waals surface area contributed by atoms with Crippen molar-refractivity contribution in [2.75, 3.05) is 14.1 Å². The fourth-order valence-corrected chi connectivity index (χ4v) is 1.39. The van der Waals surface area contributed by atoms with E-state index in [2.05, 4.69) is 10.6 Å². The van der Waals surface area contributed by atoms with Gasteiger partial charge in [-0.2, -0.15) is 0 Å². The van der Waals surface area contributed by atoms with Gasteiger partial charge in [-0.05, 0) is 13.3 Å². The molecule has 0 fully saturated rings. The summed E-state index contributed by atoms with van der Waals surface area (Å²) in [6, 6.07) is -2.84. The number of amides is 4. The highest BCUT2D eigenvalue weighted by Crippen LogP contribution is 1.98. The number of nitrogens with two attached hydrogens (primary N) is 1. The summed E-state index contributed by atoms with van der Waals surface area (Å²) in [6.45, 7) is 1.47. The second-order valence-electron chi connectivity index (χ2n) is 4.47. The molecule has 0 bridgehead atoms. The van der Waals surface area contributed by atoms with E-state index in [1.54, 1.807) is 0 Å². The first kappa shape index (κ1) is 17.7. The van der Waals surface area contributed by atoms with Crippen LogP contribution in [-0.4, -0.2) is 60.0 Å². The van der Waals surface area contributed by atoms with Crippen LogP contribution in [0.25, 0.3) is 0 Å². The molecule has 5 N–H and O–H groups in total. The molecule has 114 valence electrons. The number of carboxylic acids is 1. The van der Waals surface area contributed by atoms with E-state index < -0.39 is 30.0 Å². The van der Waals surface area contributed by atoms with Crippen LogP contribution < -0.4 is 16.4 Å². The van der Waals surface area contributed by atoms with Crippen LogP contribution in [0.4, 0.5) is 4.79 Å². The van der Waals surface area contributed by atoms with Gasteiger partial charge in [0.15, 0.2) is 0 Å². The second kappa shape index (κ2) is 7.97. The van der Waals surface area contributed by atoms with Crippen molar-refractivity contribution in [1.82, 2.24) is 15.5 Å². The molecular formula is C11H20N4O5. The molecular weight excluding hydrogens is 268 g/mol. The number of hydrogen-bond acceptors (Lipinski definition) is 4. The minimum Gasteiger partial charge on any atom is -0.480 e. The van der Waals surface area contributed by atoms with E-state index in [0.29, 0.717) is 0 Å². The van der Waals surface area contributed by atoms with Gasteiger partial charge in [-0.3, -0.25) is 9.59 Å². The third-order valence-corrected chi connectivity index (χ3v) is 2.44. The molecule has 20 heavy (non-hydrogen) atoms. The SMILES string of the molecule is CC(NC(=O)N[C@@H](CCC(N)=O)C(=O)O)C(=O)N(C)C. The molecule has 0 aromatic heterocycles. The van der Waals surface area contributed by atoms with Gasteiger partial charge in [-0.15, -0.1) is 0 Å². The molecule has 0 spiro atoms. The number of primary amides is 1. The summed E-state index contributed by atoms with van der Waals surface area (Å²) in [7, 11) is 3.07. The van der Waals surface area contributed by atoms with Crippen LogP contribution >= 0.6 is 0 Å². The summed E-state index contributed by atoms with van der Waals surface area (Å²) in [4.78, 5) is 45.9. The summed E-state index contributed by atoms with van der Waals surface area (Å²) in [5.41, 5.74) is 4.92. The maximum atomic E-state index is 11.6. The third-order valence-electron chi connectivity index (χ3n) is 2.44. The number of carbonyl (C=O) groups is 4. The highest BCUT2D eigenvalue weighted by Gasteiger charge is 2.23. The number of carboxylic acid groups (broad SMARTS) is 1. The number of carbonyl (C=O) groups excluding carboxylic acids is 3. The average molecular weight is 288 g/mol. The summed E-state index contributed by atoms with van der Waals surface area (Å²) >= 11 is 0. The minimum atomic E-state index is -1.28. The Balaban J connectivity index is 4.43. The fourth-order valence-electron chi connectivity index (χ4n) is 1.39. The summed E-state index contributed by atoms with van der Waals surface area (Å²) < 4.78 is 0. The van der Waals surface area contributed by atoms with Crippen molar-refractivity contribution in [3.8, 4) is 0 Å². The van der Waals surface area contributed by atoms with E-state index in [9.17, 15) is 19.2 Å². The van der Waals surface area contributed by atoms with Gasteiger partial charge in [-0.25, -0.2) is 9.59 Å². The lowest BCUT2D eigenvalue weighted by Crippen LogP contribution is -2.52. The number of nitrogens with one attached hydrogen (secondary N) is 2. The molecule has 0 heterocycles. The highest BCUT2D eigenvalue weighted by atomic mass is 16.4. The Bertz CT molecular complexity index is 396. The highest BCUT2D eigenvalue weighted by molar-refractivity contribution is 5.88. The standard InChI is InChI=1S/C11H20N4O5/c1-6(9(17)15(2)3)13-11(20)14-7(10(18)19)4-5-8(12)16/h6-7H,4-5H2,1-3H3,(H2,12,16)(H,18,19)(H2,13,14,20)/t6?,7-/m0/s1. The van der Waals surface area contributed by atoms with Gasteiger partial charge in [0.1, 0.15) is 12.1 Å². The Morgan fingerprint density at radius 3 is 2.15 bits per heavy atom. The zero-order chi connectivity index (χ0) is 15.9. The molecule has 0 aliphatic carbocycles. The quantitative estimate of drug-likeness (QED) is 0.450. The molecule has 9 heteroatoms. The lowest BCUT2D eigenvalue weighted by Gasteiger charge is -2.20. The van der Waals surface area contributed by atoms with Crippen LogP contribution in [0.5, 0.6) is 0 Å². The smallest absolute Gasteiger partial charge is 0.326 e. The number of nitrogens with zero attached hydrogens (tertiary/aromatic N) is 1. The van der Waals surface area contributed by atoms with E-state index in [0.717, 1.165) is 0 Å². The summed E-state index contributed by atoms with van der Waals surface area (Å²) in [6.07, 6.45) is -0.280. The first-order chi connectivity index (χ1) is 9.15. The Morgan fingerprint density at radius 1 is 1.20 bits per heavy atom. The zero-order valence-electron chi connectivity index (χ0n) is 11.7. The van der Waals surface area contributed by atoms with Crippen LogP contribution in [0.15, 0.2) is 0 Å². The van der Waals surface area contributed by atoms with Gasteiger partial charge in [0, 0.05) is 20.5 Å². The molecule has 0 radical (unpaired) electrons. The van der Waals surface area contributed by atoms with E-state index in [1.807, 2.05) is 0 Å². The van der Waals surface area contributed by atoms with Crippen LogP contribution in [0.3, 0.4) is 0 Å². The molecule has 0 aromatic carbocycles. The topological polar surface area (TPSA) is 142 Å². The predicted octanol–water partition coefficient (Wildman–Crippen LogP) is -1.52.